The molecule has 0 heterocycles. The number of benzene rings is 1. The largest absolute Gasteiger partial charge is 0.497 e. The number of ether oxygens (including phenoxy) is 2. The summed E-state index contributed by atoms with van der Waals surface area (Å²) in [6.07, 6.45) is 2.55. The topological polar surface area (TPSA) is 52.6 Å². The van der Waals surface area contributed by atoms with E-state index in [4.69, 9.17) is 9.47 Å². The molecule has 0 aliphatic heterocycles. The van der Waals surface area contributed by atoms with Gasteiger partial charge in [0.2, 0.25) is 0 Å². The molecule has 20 heavy (non-hydrogen) atoms. The van der Waals surface area contributed by atoms with Crippen LogP contribution in [0.25, 0.3) is 0 Å². The van der Waals surface area contributed by atoms with Crippen LogP contribution in [0.2, 0.25) is 0 Å². The molecule has 4 heteroatoms. The number of methoxy groups -OCH3 is 1. The maximum absolute atomic E-state index is 11.5. The zero-order valence-corrected chi connectivity index (χ0v) is 12.0. The van der Waals surface area contributed by atoms with Crippen molar-refractivity contribution in [3.8, 4) is 5.75 Å². The van der Waals surface area contributed by atoms with Crippen molar-refractivity contribution in [3.63, 3.8) is 0 Å². The molecule has 0 spiro atoms. The molecule has 0 bridgehead atoms. The standard InChI is InChI=1S/C16H20O4/c1-12(17)20-11-16(9-7-14(18)8-10-16)13-3-5-15(19-2)6-4-13/h3-6H,7-11H2,1-2H3. The highest BCUT2D eigenvalue weighted by Crippen LogP contribution is 2.39. The number of Topliss-reactive ketones (excluding diaryl/α,β-unsaturated/α-hetero) is 1. The van der Waals surface area contributed by atoms with Gasteiger partial charge in [0.15, 0.2) is 0 Å². The molecule has 1 aliphatic carbocycles. The summed E-state index contributed by atoms with van der Waals surface area (Å²) in [6, 6.07) is 7.80. The molecule has 1 saturated carbocycles. The summed E-state index contributed by atoms with van der Waals surface area (Å²) in [5.41, 5.74) is 0.860. The second-order valence-electron chi connectivity index (χ2n) is 5.33. The lowest BCUT2D eigenvalue weighted by Crippen LogP contribution is -2.37. The molecule has 4 nitrogen and oxygen atoms in total. The molecule has 1 aromatic carbocycles. The van der Waals surface area contributed by atoms with Gasteiger partial charge in [0.1, 0.15) is 18.1 Å². The van der Waals surface area contributed by atoms with E-state index >= 15 is 0 Å². The predicted octanol–water partition coefficient (Wildman–Crippen LogP) is 2.64. The first-order chi connectivity index (χ1) is 9.55. The van der Waals surface area contributed by atoms with Crippen molar-refractivity contribution < 1.29 is 19.1 Å². The van der Waals surface area contributed by atoms with Crippen LogP contribution in [0.4, 0.5) is 0 Å². The fraction of sp³-hybridized carbons (Fsp3) is 0.500. The van der Waals surface area contributed by atoms with Gasteiger partial charge in [-0.2, -0.15) is 0 Å². The zero-order chi connectivity index (χ0) is 14.6. The van der Waals surface area contributed by atoms with Gasteiger partial charge in [-0.25, -0.2) is 0 Å². The number of carbonyl (C=O) groups excluding carboxylic acids is 2. The monoisotopic (exact) mass is 276 g/mol. The van der Waals surface area contributed by atoms with Gasteiger partial charge in [-0.3, -0.25) is 9.59 Å². The van der Waals surface area contributed by atoms with E-state index < -0.39 is 0 Å². The highest BCUT2D eigenvalue weighted by Gasteiger charge is 2.37. The minimum atomic E-state index is -0.283. The van der Waals surface area contributed by atoms with Crippen molar-refractivity contribution >= 4 is 11.8 Å². The first-order valence-electron chi connectivity index (χ1n) is 6.85. The Hall–Kier alpha value is -1.84. The SMILES string of the molecule is COc1ccc(C2(COC(C)=O)CCC(=O)CC2)cc1. The normalized spacial score (nSPS) is 17.6. The Kier molecular flexibility index (Phi) is 4.42. The van der Waals surface area contributed by atoms with Crippen LogP contribution in [-0.2, 0) is 19.7 Å². The van der Waals surface area contributed by atoms with E-state index in [9.17, 15) is 9.59 Å². The molecule has 0 saturated heterocycles. The smallest absolute Gasteiger partial charge is 0.302 e. The molecule has 0 N–H and O–H groups in total. The molecular weight excluding hydrogens is 256 g/mol. The first kappa shape index (κ1) is 14.6. The molecular formula is C16H20O4. The molecule has 1 aliphatic rings. The van der Waals surface area contributed by atoms with Crippen LogP contribution < -0.4 is 4.74 Å². The summed E-state index contributed by atoms with van der Waals surface area (Å²) in [6.45, 7) is 1.75. The maximum Gasteiger partial charge on any atom is 0.302 e. The summed E-state index contributed by atoms with van der Waals surface area (Å²) >= 11 is 0. The van der Waals surface area contributed by atoms with Crippen molar-refractivity contribution in [2.75, 3.05) is 13.7 Å². The average Bonchev–Trinajstić information content (AvgIpc) is 2.47. The Morgan fingerprint density at radius 3 is 2.30 bits per heavy atom. The van der Waals surface area contributed by atoms with Gasteiger partial charge in [0, 0.05) is 25.2 Å². The molecule has 1 fully saturated rings. The van der Waals surface area contributed by atoms with Crippen LogP contribution in [0.5, 0.6) is 5.75 Å². The van der Waals surface area contributed by atoms with Gasteiger partial charge in [-0.1, -0.05) is 12.1 Å². The molecule has 1 aromatic rings. The number of ketones is 1. The Bertz CT molecular complexity index is 480. The second-order valence-corrected chi connectivity index (χ2v) is 5.33. The van der Waals surface area contributed by atoms with Crippen LogP contribution in [0.1, 0.15) is 38.2 Å². The summed E-state index contributed by atoms with van der Waals surface area (Å²) in [7, 11) is 1.63. The molecule has 0 amide bonds. The Morgan fingerprint density at radius 2 is 1.80 bits per heavy atom. The van der Waals surface area contributed by atoms with Gasteiger partial charge in [0.05, 0.1) is 7.11 Å². The summed E-state index contributed by atoms with van der Waals surface area (Å²) in [5.74, 6) is 0.801. The van der Waals surface area contributed by atoms with Gasteiger partial charge < -0.3 is 9.47 Å². The van der Waals surface area contributed by atoms with Gasteiger partial charge in [-0.05, 0) is 30.5 Å². The third kappa shape index (κ3) is 3.18. The van der Waals surface area contributed by atoms with Crippen LogP contribution in [-0.4, -0.2) is 25.5 Å². The number of esters is 1. The van der Waals surface area contributed by atoms with Gasteiger partial charge in [0.25, 0.3) is 0 Å². The van der Waals surface area contributed by atoms with E-state index in [1.807, 2.05) is 24.3 Å². The highest BCUT2D eigenvalue weighted by atomic mass is 16.5. The molecule has 0 aromatic heterocycles. The Labute approximate surface area is 119 Å². The van der Waals surface area contributed by atoms with E-state index in [2.05, 4.69) is 0 Å². The molecule has 108 valence electrons. The highest BCUT2D eigenvalue weighted by molar-refractivity contribution is 5.79. The lowest BCUT2D eigenvalue weighted by molar-refractivity contribution is -0.143. The van der Waals surface area contributed by atoms with Gasteiger partial charge >= 0.3 is 5.97 Å². The van der Waals surface area contributed by atoms with Crippen molar-refractivity contribution in [3.05, 3.63) is 29.8 Å². The summed E-state index contributed by atoms with van der Waals surface area (Å²) in [4.78, 5) is 22.6. The Morgan fingerprint density at radius 1 is 1.20 bits per heavy atom. The summed E-state index contributed by atoms with van der Waals surface area (Å²) in [5, 5.41) is 0. The van der Waals surface area contributed by atoms with Crippen molar-refractivity contribution in [1.29, 1.82) is 0 Å². The van der Waals surface area contributed by atoms with Crippen LogP contribution in [0.15, 0.2) is 24.3 Å². The molecule has 0 unspecified atom stereocenters. The minimum Gasteiger partial charge on any atom is -0.497 e. The van der Waals surface area contributed by atoms with E-state index in [1.165, 1.54) is 6.92 Å². The zero-order valence-electron chi connectivity index (χ0n) is 12.0. The van der Waals surface area contributed by atoms with Crippen molar-refractivity contribution in [2.45, 2.75) is 38.0 Å². The van der Waals surface area contributed by atoms with Crippen molar-refractivity contribution in [2.24, 2.45) is 0 Å². The fourth-order valence-electron chi connectivity index (χ4n) is 2.71. The predicted molar refractivity (Wildman–Crippen MR) is 74.8 cm³/mol. The molecule has 0 radical (unpaired) electrons. The summed E-state index contributed by atoms with van der Waals surface area (Å²) < 4.78 is 10.4. The fourth-order valence-corrected chi connectivity index (χ4v) is 2.71. The number of hydrogen-bond acceptors (Lipinski definition) is 4. The molecule has 0 atom stereocenters. The third-order valence-corrected chi connectivity index (χ3v) is 4.02. The number of carbonyl (C=O) groups is 2. The van der Waals surface area contributed by atoms with E-state index in [0.717, 1.165) is 24.2 Å². The minimum absolute atomic E-state index is 0.244. The van der Waals surface area contributed by atoms with Crippen LogP contribution in [0, 0.1) is 0 Å². The van der Waals surface area contributed by atoms with E-state index in [-0.39, 0.29) is 17.2 Å². The quantitative estimate of drug-likeness (QED) is 0.793. The lowest BCUT2D eigenvalue weighted by Gasteiger charge is -2.36. The third-order valence-electron chi connectivity index (χ3n) is 4.02. The second kappa shape index (κ2) is 6.07. The van der Waals surface area contributed by atoms with Crippen molar-refractivity contribution in [1.82, 2.24) is 0 Å². The first-order valence-corrected chi connectivity index (χ1v) is 6.85. The van der Waals surface area contributed by atoms with Gasteiger partial charge in [-0.15, -0.1) is 0 Å². The van der Waals surface area contributed by atoms with Crippen LogP contribution in [0.3, 0.4) is 0 Å². The number of rotatable bonds is 4. The average molecular weight is 276 g/mol. The van der Waals surface area contributed by atoms with Crippen LogP contribution >= 0.6 is 0 Å². The van der Waals surface area contributed by atoms with E-state index in [1.54, 1.807) is 7.11 Å². The van der Waals surface area contributed by atoms with E-state index in [0.29, 0.717) is 19.4 Å². The number of hydrogen-bond donors (Lipinski definition) is 0. The lowest BCUT2D eigenvalue weighted by atomic mass is 9.69. The molecule has 2 rings (SSSR count). The Balaban J connectivity index is 2.24. The maximum atomic E-state index is 11.5.